The van der Waals surface area contributed by atoms with Gasteiger partial charge in [-0.3, -0.25) is 9.78 Å². The maximum absolute atomic E-state index is 5.92. The van der Waals surface area contributed by atoms with Crippen molar-refractivity contribution in [3.05, 3.63) is 35.4 Å². The molecule has 2 aromatic rings. The highest BCUT2D eigenvalue weighted by Gasteiger charge is 2.30. The quantitative estimate of drug-likeness (QED) is 0.888. The molecule has 6 nitrogen and oxygen atoms in total. The predicted octanol–water partition coefficient (Wildman–Crippen LogP) is 2.31. The molecule has 0 unspecified atom stereocenters. The number of aromatic nitrogens is 4. The van der Waals surface area contributed by atoms with E-state index < -0.39 is 0 Å². The lowest BCUT2D eigenvalue weighted by Gasteiger charge is -2.20. The van der Waals surface area contributed by atoms with Gasteiger partial charge in [-0.25, -0.2) is 0 Å². The Morgan fingerprint density at radius 1 is 1.39 bits per heavy atom. The van der Waals surface area contributed by atoms with Gasteiger partial charge in [0.25, 0.3) is 0 Å². The second-order valence-electron chi connectivity index (χ2n) is 7.44. The van der Waals surface area contributed by atoms with E-state index in [-0.39, 0.29) is 11.5 Å². The Morgan fingerprint density at radius 3 is 2.91 bits per heavy atom. The highest BCUT2D eigenvalue weighted by atomic mass is 16.5. The summed E-state index contributed by atoms with van der Waals surface area (Å²) in [5.74, 6) is 0.490. The number of rotatable bonds is 5. The van der Waals surface area contributed by atoms with Crippen molar-refractivity contribution in [2.24, 2.45) is 13.0 Å². The summed E-state index contributed by atoms with van der Waals surface area (Å²) in [6.07, 6.45) is 7.14. The van der Waals surface area contributed by atoms with E-state index in [0.29, 0.717) is 5.92 Å². The minimum atomic E-state index is 0.0855. The molecular formula is C17H27N5O. The molecule has 2 atom stereocenters. The Balaban J connectivity index is 1.57. The van der Waals surface area contributed by atoms with Gasteiger partial charge in [0.1, 0.15) is 0 Å². The van der Waals surface area contributed by atoms with Crippen LogP contribution in [0.15, 0.2) is 18.6 Å². The second-order valence-corrected chi connectivity index (χ2v) is 7.44. The van der Waals surface area contributed by atoms with Crippen LogP contribution in [0.2, 0.25) is 0 Å². The van der Waals surface area contributed by atoms with Crippen LogP contribution in [0.25, 0.3) is 0 Å². The zero-order valence-electron chi connectivity index (χ0n) is 14.5. The van der Waals surface area contributed by atoms with E-state index in [1.54, 1.807) is 0 Å². The number of nitrogens with zero attached hydrogens (tertiary/aromatic N) is 3. The van der Waals surface area contributed by atoms with Gasteiger partial charge in [0.15, 0.2) is 0 Å². The highest BCUT2D eigenvalue weighted by Crippen LogP contribution is 2.33. The van der Waals surface area contributed by atoms with Gasteiger partial charge in [0.05, 0.1) is 18.5 Å². The summed E-state index contributed by atoms with van der Waals surface area (Å²) in [6, 6.07) is 0. The van der Waals surface area contributed by atoms with E-state index in [1.807, 2.05) is 24.1 Å². The summed E-state index contributed by atoms with van der Waals surface area (Å²) in [4.78, 5) is 0. The van der Waals surface area contributed by atoms with Crippen molar-refractivity contribution in [1.29, 1.82) is 0 Å². The van der Waals surface area contributed by atoms with Gasteiger partial charge < -0.3 is 10.1 Å². The zero-order valence-corrected chi connectivity index (χ0v) is 14.5. The van der Waals surface area contributed by atoms with Crippen molar-refractivity contribution in [3.63, 3.8) is 0 Å². The van der Waals surface area contributed by atoms with Gasteiger partial charge in [-0.05, 0) is 6.42 Å². The molecule has 3 rings (SSSR count). The molecule has 0 radical (unpaired) electrons. The lowest BCUT2D eigenvalue weighted by atomic mass is 9.89. The van der Waals surface area contributed by atoms with Crippen molar-refractivity contribution >= 4 is 0 Å². The molecule has 0 amide bonds. The lowest BCUT2D eigenvalue weighted by Crippen LogP contribution is -2.25. The molecule has 0 spiro atoms. The van der Waals surface area contributed by atoms with Gasteiger partial charge in [0, 0.05) is 61.1 Å². The minimum absolute atomic E-state index is 0.0855. The number of hydrogen-bond acceptors (Lipinski definition) is 4. The van der Waals surface area contributed by atoms with E-state index in [2.05, 4.69) is 47.6 Å². The minimum Gasteiger partial charge on any atom is -0.373 e. The van der Waals surface area contributed by atoms with E-state index in [1.165, 1.54) is 16.8 Å². The van der Waals surface area contributed by atoms with Crippen LogP contribution >= 0.6 is 0 Å². The van der Waals surface area contributed by atoms with Gasteiger partial charge in [-0.2, -0.15) is 10.2 Å². The Hall–Kier alpha value is -1.66. The molecule has 3 heterocycles. The monoisotopic (exact) mass is 317 g/mol. The Labute approximate surface area is 137 Å². The molecule has 0 saturated carbocycles. The summed E-state index contributed by atoms with van der Waals surface area (Å²) in [5, 5.41) is 15.2. The van der Waals surface area contributed by atoms with Crippen LogP contribution in [0.1, 0.15) is 50.1 Å². The topological polar surface area (TPSA) is 67.8 Å². The number of nitrogens with one attached hydrogen (secondary N) is 2. The molecule has 0 aliphatic carbocycles. The number of H-pyrrole nitrogens is 1. The molecule has 23 heavy (non-hydrogen) atoms. The molecule has 2 N–H and O–H groups in total. The summed E-state index contributed by atoms with van der Waals surface area (Å²) in [6.45, 7) is 9.20. The van der Waals surface area contributed by atoms with E-state index >= 15 is 0 Å². The predicted molar refractivity (Wildman–Crippen MR) is 89.0 cm³/mol. The third-order valence-corrected chi connectivity index (χ3v) is 4.46. The van der Waals surface area contributed by atoms with Crippen molar-refractivity contribution in [2.45, 2.75) is 45.3 Å². The fourth-order valence-electron chi connectivity index (χ4n) is 3.29. The number of aromatic amines is 1. The van der Waals surface area contributed by atoms with Gasteiger partial charge in [-0.15, -0.1) is 0 Å². The molecule has 1 aliphatic heterocycles. The summed E-state index contributed by atoms with van der Waals surface area (Å²) in [7, 11) is 1.94. The molecular weight excluding hydrogens is 290 g/mol. The molecule has 0 aromatic carbocycles. The summed E-state index contributed by atoms with van der Waals surface area (Å²) in [5.41, 5.74) is 3.71. The summed E-state index contributed by atoms with van der Waals surface area (Å²) >= 11 is 0. The van der Waals surface area contributed by atoms with E-state index in [4.69, 9.17) is 4.74 Å². The average molecular weight is 317 g/mol. The van der Waals surface area contributed by atoms with Crippen molar-refractivity contribution in [1.82, 2.24) is 25.3 Å². The van der Waals surface area contributed by atoms with Crippen molar-refractivity contribution < 1.29 is 4.74 Å². The lowest BCUT2D eigenvalue weighted by molar-refractivity contribution is 0.0904. The Morgan fingerprint density at radius 2 is 2.22 bits per heavy atom. The van der Waals surface area contributed by atoms with Crippen LogP contribution in [0.5, 0.6) is 0 Å². The maximum atomic E-state index is 5.92. The first-order valence-electron chi connectivity index (χ1n) is 8.28. The second kappa shape index (κ2) is 6.45. The third kappa shape index (κ3) is 3.64. The van der Waals surface area contributed by atoms with Gasteiger partial charge in [-0.1, -0.05) is 20.8 Å². The zero-order chi connectivity index (χ0) is 16.4. The maximum Gasteiger partial charge on any atom is 0.0896 e. The smallest absolute Gasteiger partial charge is 0.0896 e. The van der Waals surface area contributed by atoms with Crippen LogP contribution in [0, 0.1) is 5.92 Å². The van der Waals surface area contributed by atoms with Crippen LogP contribution in [0.4, 0.5) is 0 Å². The van der Waals surface area contributed by atoms with Crippen molar-refractivity contribution in [3.8, 4) is 0 Å². The number of hydrogen-bond donors (Lipinski definition) is 2. The van der Waals surface area contributed by atoms with Crippen LogP contribution in [0.3, 0.4) is 0 Å². The number of ether oxygens (including phenoxy) is 1. The van der Waals surface area contributed by atoms with Gasteiger partial charge >= 0.3 is 0 Å². The molecule has 1 saturated heterocycles. The molecule has 126 valence electrons. The first kappa shape index (κ1) is 16.2. The SMILES string of the molecule is Cn1cc([C@@H]2OCC[C@@H]2CNCc2cn[nH]c2C(C)(C)C)cn1. The Kier molecular flexibility index (Phi) is 4.55. The third-order valence-electron chi connectivity index (χ3n) is 4.46. The Bertz CT molecular complexity index is 639. The number of aryl methyl sites for hydroxylation is 1. The largest absolute Gasteiger partial charge is 0.373 e. The standard InChI is InChI=1S/C17H27N5O/c1-17(2,3)16-13(9-19-21-16)8-18-7-12-5-6-23-15(12)14-10-20-22(4)11-14/h9-12,15,18H,5-8H2,1-4H3,(H,19,21)/t12-,15-/m1/s1. The van der Waals surface area contributed by atoms with Crippen LogP contribution in [-0.4, -0.2) is 33.1 Å². The van der Waals surface area contributed by atoms with Gasteiger partial charge in [0.2, 0.25) is 0 Å². The molecule has 1 aliphatic rings. The average Bonchev–Trinajstić information content (AvgIpc) is 3.17. The van der Waals surface area contributed by atoms with Crippen LogP contribution in [-0.2, 0) is 23.7 Å². The fourth-order valence-corrected chi connectivity index (χ4v) is 3.29. The normalized spacial score (nSPS) is 21.9. The fraction of sp³-hybridized carbons (Fsp3) is 0.647. The highest BCUT2D eigenvalue weighted by molar-refractivity contribution is 5.23. The van der Waals surface area contributed by atoms with E-state index in [9.17, 15) is 0 Å². The van der Waals surface area contributed by atoms with Crippen molar-refractivity contribution in [2.75, 3.05) is 13.2 Å². The van der Waals surface area contributed by atoms with E-state index in [0.717, 1.165) is 26.1 Å². The molecule has 0 bridgehead atoms. The first-order chi connectivity index (χ1) is 10.9. The summed E-state index contributed by atoms with van der Waals surface area (Å²) < 4.78 is 7.75. The molecule has 6 heteroatoms. The first-order valence-corrected chi connectivity index (χ1v) is 8.28. The molecule has 1 fully saturated rings. The molecule has 2 aromatic heterocycles. The van der Waals surface area contributed by atoms with Crippen LogP contribution < -0.4 is 5.32 Å².